The van der Waals surface area contributed by atoms with Crippen molar-refractivity contribution in [1.29, 1.82) is 0 Å². The maximum Gasteiger partial charge on any atom is 0.276 e. The van der Waals surface area contributed by atoms with Crippen LogP contribution in [0.3, 0.4) is 0 Å². The van der Waals surface area contributed by atoms with Crippen LogP contribution < -0.4 is 9.57 Å². The molecule has 1 N–H and O–H groups in total. The number of ether oxygens (including phenoxy) is 1. The van der Waals surface area contributed by atoms with Crippen molar-refractivity contribution in [3.8, 4) is 5.75 Å². The first-order valence-corrected chi connectivity index (χ1v) is 12.9. The highest BCUT2D eigenvalue weighted by molar-refractivity contribution is 7.89. The highest BCUT2D eigenvalue weighted by Crippen LogP contribution is 2.18. The molecule has 6 heteroatoms. The number of nitrogens with one attached hydrogen (secondary N) is 1. The SMILES string of the molecule is CCCCCCCOc1ccc(C(=NNS(=O)(=O)c2ccc(C)cc2)c2ccccc2)cc1. The van der Waals surface area contributed by atoms with Gasteiger partial charge >= 0.3 is 0 Å². The number of aryl methyl sites for hydroxylation is 1. The molecule has 33 heavy (non-hydrogen) atoms. The fourth-order valence-electron chi connectivity index (χ4n) is 3.37. The van der Waals surface area contributed by atoms with E-state index in [1.165, 1.54) is 25.7 Å². The summed E-state index contributed by atoms with van der Waals surface area (Å²) in [6.07, 6.45) is 5.96. The van der Waals surface area contributed by atoms with E-state index >= 15 is 0 Å². The lowest BCUT2D eigenvalue weighted by Gasteiger charge is -2.11. The van der Waals surface area contributed by atoms with Crippen LogP contribution in [0, 0.1) is 6.92 Å². The highest BCUT2D eigenvalue weighted by atomic mass is 32.2. The number of rotatable bonds is 12. The number of unbranched alkanes of at least 4 members (excludes halogenated alkanes) is 4. The average Bonchev–Trinajstić information content (AvgIpc) is 2.83. The average molecular weight is 465 g/mol. The lowest BCUT2D eigenvalue weighted by Crippen LogP contribution is -2.21. The number of benzene rings is 3. The number of sulfonamides is 1. The van der Waals surface area contributed by atoms with Gasteiger partial charge in [0.2, 0.25) is 0 Å². The van der Waals surface area contributed by atoms with Crippen LogP contribution in [0.1, 0.15) is 55.7 Å². The molecule has 3 aromatic rings. The molecule has 0 saturated heterocycles. The topological polar surface area (TPSA) is 67.8 Å². The molecule has 0 atom stereocenters. The Kier molecular flexibility index (Phi) is 9.07. The molecule has 0 aliphatic heterocycles. The van der Waals surface area contributed by atoms with E-state index in [1.54, 1.807) is 24.3 Å². The van der Waals surface area contributed by atoms with Gasteiger partial charge in [-0.3, -0.25) is 0 Å². The minimum absolute atomic E-state index is 0.173. The van der Waals surface area contributed by atoms with E-state index in [4.69, 9.17) is 4.74 Å². The standard InChI is InChI=1S/C27H32N2O3S/c1-3-4-5-6-10-21-32-25-17-15-24(16-18-25)27(23-11-8-7-9-12-23)28-29-33(30,31)26-19-13-22(2)14-20-26/h7-9,11-20,29H,3-6,10,21H2,1-2H3. The number of hydrazone groups is 1. The van der Waals surface area contributed by atoms with Crippen molar-refractivity contribution in [2.24, 2.45) is 5.10 Å². The molecule has 0 aromatic heterocycles. The molecule has 0 unspecified atom stereocenters. The predicted octanol–water partition coefficient (Wildman–Crippen LogP) is 6.08. The van der Waals surface area contributed by atoms with Crippen molar-refractivity contribution in [3.63, 3.8) is 0 Å². The molecule has 0 aliphatic carbocycles. The van der Waals surface area contributed by atoms with Gasteiger partial charge in [0, 0.05) is 11.1 Å². The van der Waals surface area contributed by atoms with Gasteiger partial charge in [-0.2, -0.15) is 18.4 Å². The zero-order valence-corrected chi connectivity index (χ0v) is 20.1. The first-order chi connectivity index (χ1) is 16.0. The summed E-state index contributed by atoms with van der Waals surface area (Å²) in [7, 11) is -3.78. The fraction of sp³-hybridized carbons (Fsp3) is 0.296. The van der Waals surface area contributed by atoms with Crippen LogP contribution in [0.2, 0.25) is 0 Å². The molecule has 0 bridgehead atoms. The molecule has 0 amide bonds. The zero-order valence-electron chi connectivity index (χ0n) is 19.3. The van der Waals surface area contributed by atoms with Crippen molar-refractivity contribution in [1.82, 2.24) is 4.83 Å². The van der Waals surface area contributed by atoms with Crippen LogP contribution in [0.4, 0.5) is 0 Å². The summed E-state index contributed by atoms with van der Waals surface area (Å²) in [5, 5.41) is 4.31. The summed E-state index contributed by atoms with van der Waals surface area (Å²) in [5.74, 6) is 0.793. The second kappa shape index (κ2) is 12.2. The molecule has 0 heterocycles. The molecule has 3 rings (SSSR count). The second-order valence-electron chi connectivity index (χ2n) is 8.02. The molecule has 0 saturated carbocycles. The third kappa shape index (κ3) is 7.46. The Labute approximate surface area is 197 Å². The summed E-state index contributed by atoms with van der Waals surface area (Å²) in [6, 6.07) is 23.8. The Bertz CT molecular complexity index is 1120. The largest absolute Gasteiger partial charge is 0.494 e. The van der Waals surface area contributed by atoms with Gasteiger partial charge in [0.05, 0.1) is 17.2 Å². The van der Waals surface area contributed by atoms with E-state index in [9.17, 15) is 8.42 Å². The molecular formula is C27H32N2O3S. The van der Waals surface area contributed by atoms with E-state index < -0.39 is 10.0 Å². The Morgan fingerprint density at radius 2 is 1.45 bits per heavy atom. The van der Waals surface area contributed by atoms with Crippen LogP contribution >= 0.6 is 0 Å². The molecule has 174 valence electrons. The third-order valence-corrected chi connectivity index (χ3v) is 6.52. The van der Waals surface area contributed by atoms with Crippen LogP contribution in [0.5, 0.6) is 5.75 Å². The Balaban J connectivity index is 1.75. The van der Waals surface area contributed by atoms with Crippen molar-refractivity contribution in [2.75, 3.05) is 6.61 Å². The third-order valence-electron chi connectivity index (χ3n) is 5.30. The predicted molar refractivity (Wildman–Crippen MR) is 134 cm³/mol. The van der Waals surface area contributed by atoms with E-state index in [0.717, 1.165) is 28.9 Å². The smallest absolute Gasteiger partial charge is 0.276 e. The number of hydrogen-bond acceptors (Lipinski definition) is 4. The normalized spacial score (nSPS) is 11.9. The monoisotopic (exact) mass is 464 g/mol. The maximum atomic E-state index is 12.7. The van der Waals surface area contributed by atoms with Gasteiger partial charge in [0.25, 0.3) is 10.0 Å². The quantitative estimate of drug-likeness (QED) is 0.201. The lowest BCUT2D eigenvalue weighted by molar-refractivity contribution is 0.304. The molecule has 0 aliphatic rings. The Hall–Kier alpha value is -3.12. The first-order valence-electron chi connectivity index (χ1n) is 11.4. The summed E-state index contributed by atoms with van der Waals surface area (Å²) in [6.45, 7) is 4.81. The minimum Gasteiger partial charge on any atom is -0.494 e. The number of nitrogens with zero attached hydrogens (tertiary/aromatic N) is 1. The van der Waals surface area contributed by atoms with Crippen molar-refractivity contribution >= 4 is 15.7 Å². The van der Waals surface area contributed by atoms with Gasteiger partial charge in [-0.05, 0) is 49.7 Å². The summed E-state index contributed by atoms with van der Waals surface area (Å²) in [4.78, 5) is 2.57. The molecule has 3 aromatic carbocycles. The molecule has 0 fully saturated rings. The first kappa shape index (κ1) is 24.5. The molecule has 0 spiro atoms. The summed E-state index contributed by atoms with van der Waals surface area (Å²) in [5.41, 5.74) is 3.14. The maximum absolute atomic E-state index is 12.7. The van der Waals surface area contributed by atoms with Crippen LogP contribution in [0.25, 0.3) is 0 Å². The van der Waals surface area contributed by atoms with Gasteiger partial charge < -0.3 is 4.74 Å². The number of hydrogen-bond donors (Lipinski definition) is 1. The molecular weight excluding hydrogens is 432 g/mol. The lowest BCUT2D eigenvalue weighted by atomic mass is 10.0. The van der Waals surface area contributed by atoms with E-state index in [-0.39, 0.29) is 4.90 Å². The van der Waals surface area contributed by atoms with Gasteiger partial charge in [-0.15, -0.1) is 0 Å². The van der Waals surface area contributed by atoms with Crippen LogP contribution in [-0.2, 0) is 10.0 Å². The summed E-state index contributed by atoms with van der Waals surface area (Å²) < 4.78 is 31.3. The summed E-state index contributed by atoms with van der Waals surface area (Å²) >= 11 is 0. The van der Waals surface area contributed by atoms with Crippen LogP contribution in [-0.4, -0.2) is 20.7 Å². The minimum atomic E-state index is -3.78. The molecule has 5 nitrogen and oxygen atoms in total. The Morgan fingerprint density at radius 3 is 2.12 bits per heavy atom. The van der Waals surface area contributed by atoms with Gasteiger partial charge in [0.1, 0.15) is 5.75 Å². The van der Waals surface area contributed by atoms with E-state index in [2.05, 4.69) is 16.9 Å². The van der Waals surface area contributed by atoms with E-state index in [1.807, 2.05) is 61.5 Å². The van der Waals surface area contributed by atoms with Crippen molar-refractivity contribution < 1.29 is 13.2 Å². The van der Waals surface area contributed by atoms with Crippen LogP contribution in [0.15, 0.2) is 88.9 Å². The van der Waals surface area contributed by atoms with Crippen molar-refractivity contribution in [3.05, 3.63) is 95.6 Å². The van der Waals surface area contributed by atoms with E-state index in [0.29, 0.717) is 12.3 Å². The Morgan fingerprint density at radius 1 is 0.818 bits per heavy atom. The second-order valence-corrected chi connectivity index (χ2v) is 9.68. The van der Waals surface area contributed by atoms with Gasteiger partial charge in [-0.1, -0.05) is 80.6 Å². The zero-order chi connectivity index (χ0) is 23.5. The van der Waals surface area contributed by atoms with Gasteiger partial charge in [-0.25, -0.2) is 0 Å². The fourth-order valence-corrected chi connectivity index (χ4v) is 4.18. The molecule has 0 radical (unpaired) electrons. The van der Waals surface area contributed by atoms with Gasteiger partial charge in [0.15, 0.2) is 0 Å². The van der Waals surface area contributed by atoms with Crippen molar-refractivity contribution in [2.45, 2.75) is 50.8 Å². The highest BCUT2D eigenvalue weighted by Gasteiger charge is 2.14.